The standard InChI is InChI=1S/C17H17N3O6/c1-18-14(22)8-26-7-9-2-3-10-11(6-9)17(25)20(16(10)24)12-4-5-13(21)19-15(12)23/h2-3,6,12H,4-5,7-8H2,1H3,(H,18,22)(H,19,21,23). The lowest BCUT2D eigenvalue weighted by molar-refractivity contribution is -0.136. The Kier molecular flexibility index (Phi) is 4.81. The number of ether oxygens (including phenoxy) is 1. The van der Waals surface area contributed by atoms with E-state index in [1.54, 1.807) is 6.07 Å². The van der Waals surface area contributed by atoms with Crippen LogP contribution in [0.1, 0.15) is 39.1 Å². The molecule has 0 radical (unpaired) electrons. The Hall–Kier alpha value is -3.07. The van der Waals surface area contributed by atoms with Gasteiger partial charge in [-0.25, -0.2) is 0 Å². The van der Waals surface area contributed by atoms with Gasteiger partial charge in [0, 0.05) is 13.5 Å². The van der Waals surface area contributed by atoms with Crippen molar-refractivity contribution in [3.8, 4) is 0 Å². The normalized spacial score (nSPS) is 19.4. The van der Waals surface area contributed by atoms with Crippen molar-refractivity contribution in [1.29, 1.82) is 0 Å². The third-order valence-corrected chi connectivity index (χ3v) is 4.28. The van der Waals surface area contributed by atoms with Gasteiger partial charge in [0.15, 0.2) is 0 Å². The number of nitrogens with one attached hydrogen (secondary N) is 2. The van der Waals surface area contributed by atoms with Crippen LogP contribution in [-0.2, 0) is 25.7 Å². The number of imide groups is 2. The van der Waals surface area contributed by atoms with E-state index in [1.165, 1.54) is 19.2 Å². The smallest absolute Gasteiger partial charge is 0.262 e. The summed E-state index contributed by atoms with van der Waals surface area (Å²) in [6.45, 7) is -0.0244. The van der Waals surface area contributed by atoms with E-state index in [9.17, 15) is 24.0 Å². The van der Waals surface area contributed by atoms with Crippen molar-refractivity contribution in [2.24, 2.45) is 0 Å². The predicted molar refractivity (Wildman–Crippen MR) is 86.8 cm³/mol. The van der Waals surface area contributed by atoms with Gasteiger partial charge in [-0.05, 0) is 24.1 Å². The number of rotatable bonds is 5. The minimum absolute atomic E-state index is 0.0718. The first-order chi connectivity index (χ1) is 12.4. The molecule has 0 aromatic heterocycles. The van der Waals surface area contributed by atoms with E-state index < -0.39 is 29.7 Å². The van der Waals surface area contributed by atoms with Gasteiger partial charge in [-0.2, -0.15) is 0 Å². The first-order valence-corrected chi connectivity index (χ1v) is 8.05. The average molecular weight is 359 g/mol. The Balaban J connectivity index is 1.76. The largest absolute Gasteiger partial charge is 0.367 e. The third-order valence-electron chi connectivity index (χ3n) is 4.28. The lowest BCUT2D eigenvalue weighted by Gasteiger charge is -2.27. The van der Waals surface area contributed by atoms with E-state index in [1.807, 2.05) is 0 Å². The number of carbonyl (C=O) groups is 5. The predicted octanol–water partition coefficient (Wildman–Crippen LogP) is -0.650. The molecule has 1 atom stereocenters. The van der Waals surface area contributed by atoms with Gasteiger partial charge < -0.3 is 10.1 Å². The third kappa shape index (κ3) is 3.21. The van der Waals surface area contributed by atoms with E-state index >= 15 is 0 Å². The summed E-state index contributed by atoms with van der Waals surface area (Å²) in [7, 11) is 1.49. The van der Waals surface area contributed by atoms with Gasteiger partial charge in [-0.3, -0.25) is 34.2 Å². The van der Waals surface area contributed by atoms with Crippen LogP contribution >= 0.6 is 0 Å². The highest BCUT2D eigenvalue weighted by Gasteiger charge is 2.44. The van der Waals surface area contributed by atoms with Crippen LogP contribution in [0.2, 0.25) is 0 Å². The number of benzene rings is 1. The number of hydrogen-bond acceptors (Lipinski definition) is 6. The SMILES string of the molecule is CNC(=O)COCc1ccc2c(c1)C(=O)N(C1CCC(=O)NC1=O)C2=O. The molecule has 2 heterocycles. The Morgan fingerprint density at radius 2 is 1.96 bits per heavy atom. The fraction of sp³-hybridized carbons (Fsp3) is 0.353. The van der Waals surface area contributed by atoms with Crippen molar-refractivity contribution in [1.82, 2.24) is 15.5 Å². The molecule has 9 heteroatoms. The lowest BCUT2D eigenvalue weighted by atomic mass is 10.0. The van der Waals surface area contributed by atoms with E-state index in [0.29, 0.717) is 5.56 Å². The maximum absolute atomic E-state index is 12.6. The van der Waals surface area contributed by atoms with E-state index in [2.05, 4.69) is 10.6 Å². The Morgan fingerprint density at radius 3 is 2.65 bits per heavy atom. The number of hydrogen-bond donors (Lipinski definition) is 2. The van der Waals surface area contributed by atoms with Crippen LogP contribution in [0.25, 0.3) is 0 Å². The lowest BCUT2D eigenvalue weighted by Crippen LogP contribution is -2.54. The maximum Gasteiger partial charge on any atom is 0.262 e. The van der Waals surface area contributed by atoms with Gasteiger partial charge >= 0.3 is 0 Å². The van der Waals surface area contributed by atoms with E-state index in [0.717, 1.165) is 4.90 Å². The first kappa shape index (κ1) is 17.7. The van der Waals surface area contributed by atoms with Crippen molar-refractivity contribution in [3.05, 3.63) is 34.9 Å². The zero-order valence-electron chi connectivity index (χ0n) is 14.0. The van der Waals surface area contributed by atoms with Crippen molar-refractivity contribution in [2.75, 3.05) is 13.7 Å². The molecule has 26 heavy (non-hydrogen) atoms. The quantitative estimate of drug-likeness (QED) is 0.674. The summed E-state index contributed by atoms with van der Waals surface area (Å²) in [6.07, 6.45) is 0.181. The molecule has 3 rings (SSSR count). The molecule has 0 spiro atoms. The number of fused-ring (bicyclic) bond motifs is 1. The van der Waals surface area contributed by atoms with Gasteiger partial charge in [0.05, 0.1) is 17.7 Å². The van der Waals surface area contributed by atoms with Gasteiger partial charge in [0.25, 0.3) is 11.8 Å². The number of carbonyl (C=O) groups excluding carboxylic acids is 5. The fourth-order valence-electron chi connectivity index (χ4n) is 2.94. The van der Waals surface area contributed by atoms with Gasteiger partial charge in [-0.15, -0.1) is 0 Å². The second-order valence-electron chi connectivity index (χ2n) is 5.99. The monoisotopic (exact) mass is 359 g/mol. The highest BCUT2D eigenvalue weighted by atomic mass is 16.5. The van der Waals surface area contributed by atoms with Crippen LogP contribution < -0.4 is 10.6 Å². The number of likely N-dealkylation sites (N-methyl/N-ethyl adjacent to an activating group) is 1. The summed E-state index contributed by atoms with van der Waals surface area (Å²) in [4.78, 5) is 60.5. The minimum Gasteiger partial charge on any atom is -0.367 e. The van der Waals surface area contributed by atoms with Crippen molar-refractivity contribution in [2.45, 2.75) is 25.5 Å². The molecule has 1 aromatic carbocycles. The molecule has 136 valence electrons. The molecule has 2 N–H and O–H groups in total. The zero-order chi connectivity index (χ0) is 18.8. The molecule has 1 unspecified atom stereocenters. The fourth-order valence-corrected chi connectivity index (χ4v) is 2.94. The molecule has 0 bridgehead atoms. The summed E-state index contributed by atoms with van der Waals surface area (Å²) < 4.78 is 5.24. The van der Waals surface area contributed by atoms with Gasteiger partial charge in [0.2, 0.25) is 17.7 Å². The molecule has 0 aliphatic carbocycles. The molecule has 2 aliphatic heterocycles. The summed E-state index contributed by atoms with van der Waals surface area (Å²) in [6, 6.07) is 3.65. The van der Waals surface area contributed by atoms with Crippen molar-refractivity contribution >= 4 is 29.5 Å². The van der Waals surface area contributed by atoms with Crippen LogP contribution in [0.4, 0.5) is 0 Å². The minimum atomic E-state index is -0.993. The molecule has 1 saturated heterocycles. The average Bonchev–Trinajstić information content (AvgIpc) is 2.86. The highest BCUT2D eigenvalue weighted by molar-refractivity contribution is 6.23. The van der Waals surface area contributed by atoms with Crippen LogP contribution in [-0.4, -0.2) is 54.1 Å². The Labute approximate surface area is 148 Å². The van der Waals surface area contributed by atoms with Crippen LogP contribution in [0.3, 0.4) is 0 Å². The van der Waals surface area contributed by atoms with E-state index in [-0.39, 0.29) is 43.1 Å². The van der Waals surface area contributed by atoms with Crippen molar-refractivity contribution < 1.29 is 28.7 Å². The van der Waals surface area contributed by atoms with Crippen molar-refractivity contribution in [3.63, 3.8) is 0 Å². The summed E-state index contributed by atoms with van der Waals surface area (Å²) in [5.74, 6) is -2.48. The molecule has 5 amide bonds. The topological polar surface area (TPSA) is 122 Å². The number of piperidine rings is 1. The second-order valence-corrected chi connectivity index (χ2v) is 5.99. The summed E-state index contributed by atoms with van der Waals surface area (Å²) in [5, 5.41) is 4.57. The zero-order valence-corrected chi connectivity index (χ0v) is 14.0. The summed E-state index contributed by atoms with van der Waals surface area (Å²) >= 11 is 0. The molecule has 0 saturated carbocycles. The molecule has 1 aromatic rings. The van der Waals surface area contributed by atoms with Gasteiger partial charge in [0.1, 0.15) is 12.6 Å². The molecule has 1 fully saturated rings. The summed E-state index contributed by atoms with van der Waals surface area (Å²) in [5.41, 5.74) is 1.01. The molecular weight excluding hydrogens is 342 g/mol. The molecule has 9 nitrogen and oxygen atoms in total. The number of nitrogens with zero attached hydrogens (tertiary/aromatic N) is 1. The van der Waals surface area contributed by atoms with Crippen LogP contribution in [0.15, 0.2) is 18.2 Å². The second kappa shape index (κ2) is 7.04. The Bertz CT molecular complexity index is 819. The highest BCUT2D eigenvalue weighted by Crippen LogP contribution is 2.28. The Morgan fingerprint density at radius 1 is 1.23 bits per heavy atom. The maximum atomic E-state index is 12.6. The van der Waals surface area contributed by atoms with Crippen LogP contribution in [0.5, 0.6) is 0 Å². The first-order valence-electron chi connectivity index (χ1n) is 8.05. The van der Waals surface area contributed by atoms with Gasteiger partial charge in [-0.1, -0.05) is 6.07 Å². The molecule has 2 aliphatic rings. The number of amides is 5. The van der Waals surface area contributed by atoms with E-state index in [4.69, 9.17) is 4.74 Å². The molecular formula is C17H17N3O6. The van der Waals surface area contributed by atoms with Crippen LogP contribution in [0, 0.1) is 0 Å².